The topological polar surface area (TPSA) is 39.1 Å². The van der Waals surface area contributed by atoms with Crippen molar-refractivity contribution in [2.75, 3.05) is 13.1 Å². The molecule has 0 aromatic heterocycles. The second-order valence-electron chi connectivity index (χ2n) is 6.25. The lowest BCUT2D eigenvalue weighted by Gasteiger charge is -2.37. The predicted octanol–water partition coefficient (Wildman–Crippen LogP) is 3.52. The second kappa shape index (κ2) is 8.17. The van der Waals surface area contributed by atoms with Crippen molar-refractivity contribution in [3.05, 3.63) is 35.9 Å². The monoisotopic (exact) mass is 287 g/mol. The lowest BCUT2D eigenvalue weighted by atomic mass is 9.89. The summed E-state index contributed by atoms with van der Waals surface area (Å²) in [5.74, 6) is 0. The summed E-state index contributed by atoms with van der Waals surface area (Å²) in [4.78, 5) is 2.38. The molecule has 0 aliphatic carbocycles. The summed E-state index contributed by atoms with van der Waals surface area (Å²) >= 11 is 0. The van der Waals surface area contributed by atoms with E-state index in [1.807, 2.05) is 30.3 Å². The van der Waals surface area contributed by atoms with Crippen molar-refractivity contribution in [2.45, 2.75) is 58.7 Å². The van der Waals surface area contributed by atoms with Gasteiger partial charge >= 0.3 is 0 Å². The molecule has 0 radical (unpaired) electrons. The summed E-state index contributed by atoms with van der Waals surface area (Å²) in [6.07, 6.45) is 1.09. The van der Waals surface area contributed by atoms with Crippen molar-refractivity contribution in [2.24, 2.45) is 0 Å². The maximum atomic E-state index is 9.94. The number of hydrogen-bond donors (Lipinski definition) is 1. The summed E-state index contributed by atoms with van der Waals surface area (Å²) in [5.41, 5.74) is 0.387. The number of nitriles is 1. The lowest BCUT2D eigenvalue weighted by Crippen LogP contribution is -2.54. The van der Waals surface area contributed by atoms with Crippen molar-refractivity contribution >= 4 is 0 Å². The minimum atomic E-state index is -0.658. The van der Waals surface area contributed by atoms with Crippen molar-refractivity contribution in [1.82, 2.24) is 10.2 Å². The Morgan fingerprint density at radius 2 is 1.81 bits per heavy atom. The number of benzene rings is 1. The average Bonchev–Trinajstić information content (AvgIpc) is 2.46. The van der Waals surface area contributed by atoms with Crippen LogP contribution in [-0.4, -0.2) is 30.1 Å². The smallest absolute Gasteiger partial charge is 0.145 e. The summed E-state index contributed by atoms with van der Waals surface area (Å²) in [5, 5.41) is 13.4. The predicted molar refractivity (Wildman–Crippen MR) is 89.0 cm³/mol. The van der Waals surface area contributed by atoms with Gasteiger partial charge in [-0.3, -0.25) is 10.2 Å². The first kappa shape index (κ1) is 17.7. The third-order valence-electron chi connectivity index (χ3n) is 3.67. The SMILES string of the molecule is CCCN(CC(C#N)(NC(C)C)c1ccccc1)C(C)C. The first-order chi connectivity index (χ1) is 9.95. The Balaban J connectivity index is 3.15. The van der Waals surface area contributed by atoms with Gasteiger partial charge in [0.05, 0.1) is 6.07 Å². The Morgan fingerprint density at radius 3 is 2.24 bits per heavy atom. The van der Waals surface area contributed by atoms with E-state index in [2.05, 4.69) is 50.9 Å². The number of rotatable bonds is 8. The fourth-order valence-corrected chi connectivity index (χ4v) is 2.68. The molecule has 0 aliphatic rings. The Hall–Kier alpha value is -1.37. The van der Waals surface area contributed by atoms with Gasteiger partial charge in [0.1, 0.15) is 5.54 Å². The fourth-order valence-electron chi connectivity index (χ4n) is 2.68. The molecule has 116 valence electrons. The zero-order valence-corrected chi connectivity index (χ0v) is 14.1. The Bertz CT molecular complexity index is 447. The molecule has 3 heteroatoms. The van der Waals surface area contributed by atoms with E-state index in [0.717, 1.165) is 18.5 Å². The van der Waals surface area contributed by atoms with Crippen molar-refractivity contribution in [3.8, 4) is 6.07 Å². The molecule has 21 heavy (non-hydrogen) atoms. The number of nitrogens with one attached hydrogen (secondary N) is 1. The van der Waals surface area contributed by atoms with Crippen molar-refractivity contribution < 1.29 is 0 Å². The van der Waals surface area contributed by atoms with Gasteiger partial charge in [0.25, 0.3) is 0 Å². The number of hydrogen-bond acceptors (Lipinski definition) is 3. The normalized spacial score (nSPS) is 14.4. The van der Waals surface area contributed by atoms with E-state index in [4.69, 9.17) is 0 Å². The second-order valence-corrected chi connectivity index (χ2v) is 6.25. The van der Waals surface area contributed by atoms with Gasteiger partial charge in [-0.1, -0.05) is 37.3 Å². The van der Waals surface area contributed by atoms with Gasteiger partial charge in [0, 0.05) is 18.6 Å². The van der Waals surface area contributed by atoms with Gasteiger partial charge < -0.3 is 0 Å². The molecule has 1 unspecified atom stereocenters. The molecule has 0 amide bonds. The van der Waals surface area contributed by atoms with Crippen LogP contribution in [0.5, 0.6) is 0 Å². The maximum Gasteiger partial charge on any atom is 0.145 e. The number of nitrogens with zero attached hydrogens (tertiary/aromatic N) is 2. The van der Waals surface area contributed by atoms with Crippen LogP contribution < -0.4 is 5.32 Å². The molecule has 0 heterocycles. The summed E-state index contributed by atoms with van der Waals surface area (Å²) in [7, 11) is 0. The van der Waals surface area contributed by atoms with Gasteiger partial charge in [-0.2, -0.15) is 5.26 Å². The van der Waals surface area contributed by atoms with Crippen molar-refractivity contribution in [3.63, 3.8) is 0 Å². The first-order valence-corrected chi connectivity index (χ1v) is 7.93. The van der Waals surface area contributed by atoms with Crippen molar-refractivity contribution in [1.29, 1.82) is 5.26 Å². The Kier molecular flexibility index (Phi) is 6.87. The van der Waals surface area contributed by atoms with Gasteiger partial charge in [-0.05, 0) is 46.2 Å². The van der Waals surface area contributed by atoms with Crippen LogP contribution in [0.25, 0.3) is 0 Å². The largest absolute Gasteiger partial charge is 0.298 e. The zero-order valence-electron chi connectivity index (χ0n) is 14.1. The van der Waals surface area contributed by atoms with E-state index < -0.39 is 5.54 Å². The van der Waals surface area contributed by atoms with E-state index in [1.165, 1.54) is 0 Å². The highest BCUT2D eigenvalue weighted by molar-refractivity contribution is 5.32. The van der Waals surface area contributed by atoms with Gasteiger partial charge in [0.2, 0.25) is 0 Å². The molecule has 0 aliphatic heterocycles. The molecule has 0 saturated heterocycles. The molecule has 3 nitrogen and oxygen atoms in total. The molecule has 0 fully saturated rings. The van der Waals surface area contributed by atoms with E-state index >= 15 is 0 Å². The molecule has 1 atom stereocenters. The summed E-state index contributed by atoms with van der Waals surface area (Å²) in [6.45, 7) is 12.5. The Labute approximate surface area is 130 Å². The van der Waals surface area contributed by atoms with Crippen LogP contribution in [0.2, 0.25) is 0 Å². The van der Waals surface area contributed by atoms with E-state index in [-0.39, 0.29) is 6.04 Å². The van der Waals surface area contributed by atoms with E-state index in [9.17, 15) is 5.26 Å². The van der Waals surface area contributed by atoms with Gasteiger partial charge in [0.15, 0.2) is 0 Å². The summed E-state index contributed by atoms with van der Waals surface area (Å²) < 4.78 is 0. The van der Waals surface area contributed by atoms with Crippen LogP contribution in [0.3, 0.4) is 0 Å². The van der Waals surface area contributed by atoms with E-state index in [0.29, 0.717) is 12.6 Å². The van der Waals surface area contributed by atoms with Crippen LogP contribution in [0, 0.1) is 11.3 Å². The fraction of sp³-hybridized carbons (Fsp3) is 0.611. The van der Waals surface area contributed by atoms with E-state index in [1.54, 1.807) is 0 Å². The molecule has 0 saturated carbocycles. The van der Waals surface area contributed by atoms with Crippen LogP contribution in [0.15, 0.2) is 30.3 Å². The Morgan fingerprint density at radius 1 is 1.19 bits per heavy atom. The molecule has 0 spiro atoms. The quantitative estimate of drug-likeness (QED) is 0.795. The maximum absolute atomic E-state index is 9.94. The van der Waals surface area contributed by atoms with Crippen LogP contribution >= 0.6 is 0 Å². The summed E-state index contributed by atoms with van der Waals surface area (Å²) in [6, 6.07) is 13.3. The molecular weight excluding hydrogens is 258 g/mol. The standard InChI is InChI=1S/C18H29N3/c1-6-12-21(16(4)5)14-18(13-19,20-15(2)3)17-10-8-7-9-11-17/h7-11,15-16,20H,6,12,14H2,1-5H3. The minimum Gasteiger partial charge on any atom is -0.298 e. The molecule has 1 N–H and O–H groups in total. The highest BCUT2D eigenvalue weighted by Gasteiger charge is 2.35. The lowest BCUT2D eigenvalue weighted by molar-refractivity contribution is 0.167. The highest BCUT2D eigenvalue weighted by atomic mass is 15.2. The van der Waals surface area contributed by atoms with Crippen LogP contribution in [-0.2, 0) is 5.54 Å². The average molecular weight is 287 g/mol. The van der Waals surface area contributed by atoms with Crippen LogP contribution in [0.4, 0.5) is 0 Å². The first-order valence-electron chi connectivity index (χ1n) is 7.93. The third-order valence-corrected chi connectivity index (χ3v) is 3.67. The molecule has 1 aromatic rings. The van der Waals surface area contributed by atoms with Crippen LogP contribution in [0.1, 0.15) is 46.6 Å². The van der Waals surface area contributed by atoms with Gasteiger partial charge in [-0.25, -0.2) is 0 Å². The zero-order chi connectivity index (χ0) is 15.9. The minimum absolute atomic E-state index is 0.250. The molecule has 0 bridgehead atoms. The molecule has 1 rings (SSSR count). The molecular formula is C18H29N3. The highest BCUT2D eigenvalue weighted by Crippen LogP contribution is 2.24. The third kappa shape index (κ3) is 4.84. The van der Waals surface area contributed by atoms with Gasteiger partial charge in [-0.15, -0.1) is 0 Å². The molecule has 1 aromatic carbocycles.